The third-order valence-corrected chi connectivity index (χ3v) is 0. The Balaban J connectivity index is 0. The van der Waals surface area contributed by atoms with Crippen molar-refractivity contribution in [3.8, 4) is 0 Å². The first-order chi connectivity index (χ1) is 0. The second-order valence-corrected chi connectivity index (χ2v) is 0. The van der Waals surface area contributed by atoms with E-state index in [9.17, 15) is 0 Å². The molecule has 0 aliphatic carbocycles. The third-order valence-electron chi connectivity index (χ3n) is 0. The van der Waals surface area contributed by atoms with Crippen LogP contribution in [0.2, 0.25) is 0 Å². The fourth-order valence-electron chi connectivity index (χ4n) is 0. The molecule has 4 heavy (non-hydrogen) atoms. The first kappa shape index (κ1) is 31.1. The molecule has 0 atom stereocenters. The van der Waals surface area contributed by atoms with E-state index in [1.807, 2.05) is 0 Å². The summed E-state index contributed by atoms with van der Waals surface area (Å²) < 4.78 is 0. The summed E-state index contributed by atoms with van der Waals surface area (Å²) in [5.74, 6) is 0. The number of hydrogen-bond donors (Lipinski definition) is 0. The van der Waals surface area contributed by atoms with Crippen molar-refractivity contribution in [2.24, 2.45) is 0 Å². The van der Waals surface area contributed by atoms with Crippen LogP contribution in [0.3, 0.4) is 0 Å². The van der Waals surface area contributed by atoms with Gasteiger partial charge in [0.25, 0.3) is 0 Å². The van der Waals surface area contributed by atoms with Crippen molar-refractivity contribution in [1.82, 2.24) is 0 Å². The monoisotopic (exact) mass is 177 g/mol. The molecular weight excluding hydrogens is 177 g/mol. The van der Waals surface area contributed by atoms with E-state index < -0.39 is 0 Å². The van der Waals surface area contributed by atoms with Gasteiger partial charge in [-0.15, -0.1) is 0 Å². The molecule has 4 heteroatoms. The van der Waals surface area contributed by atoms with Gasteiger partial charge in [-0.1, -0.05) is 0 Å². The van der Waals surface area contributed by atoms with E-state index in [0.717, 1.165) is 0 Å². The number of hydrogen-bond acceptors (Lipinski definition) is 0. The summed E-state index contributed by atoms with van der Waals surface area (Å²) in [6.45, 7) is 0. The van der Waals surface area contributed by atoms with Gasteiger partial charge in [0.2, 0.25) is 0 Å². The smallest absolute Gasteiger partial charge is 2.00 e. The van der Waals surface area contributed by atoms with E-state index in [4.69, 9.17) is 0 Å². The van der Waals surface area contributed by atoms with Crippen LogP contribution in [0.15, 0.2) is 0 Å². The van der Waals surface area contributed by atoms with Crippen LogP contribution in [0, 0.1) is 0 Å². The van der Waals surface area contributed by atoms with Gasteiger partial charge < -0.3 is 5.48 Å². The predicted octanol–water partition coefficient (Wildman–Crippen LogP) is -0.505. The molecule has 0 spiro atoms. The van der Waals surface area contributed by atoms with Crippen LogP contribution in [0.4, 0.5) is 0 Å². The van der Waals surface area contributed by atoms with Gasteiger partial charge in [-0.25, -0.2) is 0 Å². The summed E-state index contributed by atoms with van der Waals surface area (Å²) >= 11 is 0. The average molecular weight is 177 g/mol. The van der Waals surface area contributed by atoms with Gasteiger partial charge >= 0.3 is 77.5 Å². The Morgan fingerprint density at radius 2 is 1.00 bits per heavy atom. The molecule has 8 valence electrons. The maximum Gasteiger partial charge on any atom is 4.00 e. The van der Waals surface area contributed by atoms with Crippen molar-refractivity contribution in [2.75, 3.05) is 0 Å². The second-order valence-electron chi connectivity index (χ2n) is 0. The van der Waals surface area contributed by atoms with Gasteiger partial charge in [0, 0.05) is 0 Å². The minimum absolute atomic E-state index is 0. The predicted molar refractivity (Wildman–Crippen MR) is 6.44 cm³/mol. The van der Waals surface area contributed by atoms with Crippen molar-refractivity contribution in [2.45, 2.75) is 0 Å². The zero-order chi connectivity index (χ0) is 0. The molecule has 0 fully saturated rings. The quantitative estimate of drug-likeness (QED) is 0.446. The molecule has 0 rings (SSSR count). The normalized spacial score (nSPS) is 0. The SMILES string of the molecule is [Mg+2].[O-2].[Ti+4].[Y+3]. The molecular formula is MgOTiY+7. The van der Waals surface area contributed by atoms with Gasteiger partial charge in [0.1, 0.15) is 0 Å². The Hall–Kier alpha value is 2.54. The summed E-state index contributed by atoms with van der Waals surface area (Å²) in [5, 5.41) is 0. The molecule has 0 radical (unpaired) electrons. The summed E-state index contributed by atoms with van der Waals surface area (Å²) in [5.41, 5.74) is 0. The zero-order valence-corrected chi connectivity index (χ0v) is 8.01. The molecule has 1 nitrogen and oxygen atoms in total. The van der Waals surface area contributed by atoms with E-state index in [1.54, 1.807) is 0 Å². The molecule has 0 aromatic rings. The summed E-state index contributed by atoms with van der Waals surface area (Å²) in [6, 6.07) is 0. The Bertz CT molecular complexity index is 8.00. The third kappa shape index (κ3) is 8.82. The van der Waals surface area contributed by atoms with E-state index in [0.29, 0.717) is 0 Å². The van der Waals surface area contributed by atoms with Crippen molar-refractivity contribution < 1.29 is 59.9 Å². The minimum Gasteiger partial charge on any atom is -2.00 e. The van der Waals surface area contributed by atoms with E-state index >= 15 is 0 Å². The Morgan fingerprint density at radius 3 is 1.00 bits per heavy atom. The zero-order valence-electron chi connectivity index (χ0n) is 2.19. The van der Waals surface area contributed by atoms with Crippen LogP contribution < -0.4 is 0 Å². The molecule has 0 amide bonds. The maximum absolute atomic E-state index is 0. The molecule has 0 aromatic heterocycles. The van der Waals surface area contributed by atoms with Crippen LogP contribution in [0.5, 0.6) is 0 Å². The number of rotatable bonds is 0. The van der Waals surface area contributed by atoms with Gasteiger partial charge in [-0.2, -0.15) is 0 Å². The molecule has 0 saturated heterocycles. The molecule has 0 aliphatic heterocycles. The van der Waals surface area contributed by atoms with Crippen molar-refractivity contribution in [3.63, 3.8) is 0 Å². The molecule has 0 N–H and O–H groups in total. The topological polar surface area (TPSA) is 28.5 Å². The van der Waals surface area contributed by atoms with Crippen LogP contribution in [-0.4, -0.2) is 23.1 Å². The first-order valence-electron chi connectivity index (χ1n) is 0. The summed E-state index contributed by atoms with van der Waals surface area (Å²) in [6.07, 6.45) is 0. The van der Waals surface area contributed by atoms with Gasteiger partial charge in [0.15, 0.2) is 0 Å². The van der Waals surface area contributed by atoms with Gasteiger partial charge in [-0.3, -0.25) is 0 Å². The summed E-state index contributed by atoms with van der Waals surface area (Å²) in [7, 11) is 0. The molecule has 0 saturated carbocycles. The van der Waals surface area contributed by atoms with Crippen LogP contribution >= 0.6 is 0 Å². The minimum atomic E-state index is 0. The van der Waals surface area contributed by atoms with Crippen LogP contribution in [0.1, 0.15) is 0 Å². The molecule has 0 unspecified atom stereocenters. The van der Waals surface area contributed by atoms with E-state index in [1.165, 1.54) is 0 Å². The Morgan fingerprint density at radius 1 is 1.00 bits per heavy atom. The molecule has 0 heterocycles. The van der Waals surface area contributed by atoms with Crippen molar-refractivity contribution in [1.29, 1.82) is 0 Å². The standard InChI is InChI=1S/Mg.O.Ti.Y/q+2;-2;+4;+3. The fraction of sp³-hybridized carbons (Fsp3) is 0. The van der Waals surface area contributed by atoms with Gasteiger partial charge in [0.05, 0.1) is 0 Å². The Kier molecular flexibility index (Phi) is 137. The molecule has 0 aromatic carbocycles. The van der Waals surface area contributed by atoms with Crippen LogP contribution in [0.25, 0.3) is 0 Å². The maximum atomic E-state index is 0. The first-order valence-corrected chi connectivity index (χ1v) is 0. The van der Waals surface area contributed by atoms with Crippen LogP contribution in [-0.2, 0) is 59.9 Å². The second kappa shape index (κ2) is 17.7. The summed E-state index contributed by atoms with van der Waals surface area (Å²) in [4.78, 5) is 0. The van der Waals surface area contributed by atoms with Crippen molar-refractivity contribution >= 4 is 23.1 Å². The molecule has 0 bridgehead atoms. The Labute approximate surface area is 81.5 Å². The average Bonchev–Trinajstić information content (AvgIpc) is 0. The van der Waals surface area contributed by atoms with Crippen molar-refractivity contribution in [3.05, 3.63) is 0 Å². The molecule has 0 aliphatic rings. The van der Waals surface area contributed by atoms with E-state index in [2.05, 4.69) is 0 Å². The fourth-order valence-corrected chi connectivity index (χ4v) is 0. The van der Waals surface area contributed by atoms with E-state index in [-0.39, 0.29) is 83.0 Å². The largest absolute Gasteiger partial charge is 4.00 e. The van der Waals surface area contributed by atoms with Gasteiger partial charge in [-0.05, 0) is 0 Å².